The minimum Gasteiger partial charge on any atom is -0.657 e. The summed E-state index contributed by atoms with van der Waals surface area (Å²) < 4.78 is 11.0. The number of hydrogen-bond donors (Lipinski definition) is 3. The van der Waals surface area contributed by atoms with E-state index in [1.54, 1.807) is 0 Å². The maximum atomic E-state index is 13.5. The predicted octanol–water partition coefficient (Wildman–Crippen LogP) is 4.63. The number of aromatic amines is 1. The zero-order chi connectivity index (χ0) is 39.0. The van der Waals surface area contributed by atoms with Crippen molar-refractivity contribution in [1.29, 1.82) is 0 Å². The Balaban J connectivity index is 0.00000580. The summed E-state index contributed by atoms with van der Waals surface area (Å²) in [5, 5.41) is 18.4. The van der Waals surface area contributed by atoms with Gasteiger partial charge in [0.05, 0.1) is 13.2 Å². The number of esters is 2. The molecule has 55 heavy (non-hydrogen) atoms. The second-order valence-corrected chi connectivity index (χ2v) is 15.7. The number of carbonyl (C=O) groups excluding carboxylic acids is 2. The van der Waals surface area contributed by atoms with Crippen LogP contribution in [-0.2, 0) is 25.5 Å². The van der Waals surface area contributed by atoms with Gasteiger partial charge in [-0.05, 0) is 88.5 Å². The summed E-state index contributed by atoms with van der Waals surface area (Å²) in [6.07, 6.45) is 14.9. The molecule has 0 saturated carbocycles. The summed E-state index contributed by atoms with van der Waals surface area (Å²) in [5.41, 5.74) is 10.4. The summed E-state index contributed by atoms with van der Waals surface area (Å²) >= 11 is 0. The number of allylic oxidation sites excluding steroid dienone is 2. The topological polar surface area (TPSA) is 129 Å². The number of methoxy groups -OCH3 is 1. The molecular formula is C45H56MgN4O5. The summed E-state index contributed by atoms with van der Waals surface area (Å²) in [4.78, 5) is 40.6. The van der Waals surface area contributed by atoms with Crippen LogP contribution >= 0.6 is 0 Å². The molecular weight excluding hydrogens is 701 g/mol. The van der Waals surface area contributed by atoms with Crippen molar-refractivity contribution in [2.45, 2.75) is 100.0 Å². The third kappa shape index (κ3) is 8.08. The molecule has 1 aliphatic carbocycles. The fourth-order valence-electron chi connectivity index (χ4n) is 8.63. The number of fused-ring (bicyclic) bond motifs is 8. The van der Waals surface area contributed by atoms with Crippen molar-refractivity contribution in [2.75, 3.05) is 13.7 Å². The molecule has 3 N–H and O–H groups in total. The summed E-state index contributed by atoms with van der Waals surface area (Å²) in [6.45, 7) is 21.3. The summed E-state index contributed by atoms with van der Waals surface area (Å²) in [6, 6.07) is -0.429. The van der Waals surface area contributed by atoms with Crippen molar-refractivity contribution in [1.82, 2.24) is 20.3 Å². The molecule has 0 aromatic carbocycles. The first-order chi connectivity index (χ1) is 25.8. The molecule has 0 amide bonds. The van der Waals surface area contributed by atoms with E-state index in [0.717, 1.165) is 74.9 Å². The standard InChI is InChI=1S/C45H56N4O5.Mg/c1-11-29-25(6)32-20-34-27(8)31(16-17-38(50)54-19-18-24(5)15-13-14-23(3)4)42(48-34)40-41(45(52)53-10)44(51)39-28(9)35(49-43(39)40)22-37-30(12-2)26(7)33(47-37)21-36(29)46-32;/h11,18,20-23,27,31,41-42,46,48,51H,1,12-17,19H2,2-10H3;/q-2;+2/b24-18+,33-21-,34-20-,37-22-;/t27-,31-,41+,42?;/m0./s1. The van der Waals surface area contributed by atoms with E-state index in [4.69, 9.17) is 19.4 Å². The molecule has 9 nitrogen and oxygen atoms in total. The second kappa shape index (κ2) is 17.3. The number of aliphatic hydroxyl groups excluding tert-OH is 1. The average Bonchev–Trinajstić information content (AvgIpc) is 3.87. The minimum atomic E-state index is -1.03. The van der Waals surface area contributed by atoms with Gasteiger partial charge in [-0.15, -0.1) is 21.7 Å². The SMILES string of the molecule is C=Cc1c2[nH]c(c1C)/C=C1\NC(C3=c4[n-]c(c(C)c4=C(O)[C@@H]3C(=O)OC)/C=c3\[n-]/c(c(C)c3CC)=C\2)[C@@H](CCC(=O)OC/C=C(\C)CCCC(C)C)[C@@H]1C.[Mg+2]. The maximum absolute atomic E-state index is 13.5. The van der Waals surface area contributed by atoms with Crippen LogP contribution in [0.25, 0.3) is 35.6 Å². The Morgan fingerprint density at radius 2 is 1.78 bits per heavy atom. The van der Waals surface area contributed by atoms with E-state index in [-0.39, 0.29) is 59.6 Å². The number of nitrogens with one attached hydrogen (secondary N) is 2. The molecule has 10 heteroatoms. The van der Waals surface area contributed by atoms with Crippen molar-refractivity contribution in [3.05, 3.63) is 90.1 Å². The molecule has 0 spiro atoms. The van der Waals surface area contributed by atoms with E-state index >= 15 is 0 Å². The van der Waals surface area contributed by atoms with Crippen LogP contribution in [0.2, 0.25) is 0 Å². The molecule has 288 valence electrons. The van der Waals surface area contributed by atoms with Crippen molar-refractivity contribution in [3.8, 4) is 0 Å². The van der Waals surface area contributed by atoms with Crippen LogP contribution < -0.4 is 36.6 Å². The van der Waals surface area contributed by atoms with Crippen molar-refractivity contribution < 1.29 is 24.2 Å². The normalized spacial score (nSPS) is 22.2. The van der Waals surface area contributed by atoms with Crippen molar-refractivity contribution in [3.63, 3.8) is 0 Å². The van der Waals surface area contributed by atoms with Gasteiger partial charge < -0.3 is 34.8 Å². The molecule has 1 unspecified atom stereocenters. The van der Waals surface area contributed by atoms with E-state index in [0.29, 0.717) is 34.2 Å². The fraction of sp³-hybridized carbons (Fsp3) is 0.467. The van der Waals surface area contributed by atoms with Gasteiger partial charge in [-0.3, -0.25) is 9.59 Å². The quantitative estimate of drug-likeness (QED) is 0.139. The van der Waals surface area contributed by atoms with E-state index < -0.39 is 17.9 Å². The Bertz CT molecular complexity index is 2300. The zero-order valence-electron chi connectivity index (χ0n) is 34.1. The predicted molar refractivity (Wildman–Crippen MR) is 221 cm³/mol. The van der Waals surface area contributed by atoms with E-state index in [9.17, 15) is 14.7 Å². The molecule has 5 heterocycles. The Morgan fingerprint density at radius 3 is 2.45 bits per heavy atom. The molecule has 4 atom stereocenters. The maximum Gasteiger partial charge on any atom is 2.00 e. The van der Waals surface area contributed by atoms with Gasteiger partial charge in [0.25, 0.3) is 0 Å². The first-order valence-corrected chi connectivity index (χ1v) is 19.5. The monoisotopic (exact) mass is 756 g/mol. The van der Waals surface area contributed by atoms with E-state index in [2.05, 4.69) is 77.5 Å². The van der Waals surface area contributed by atoms with Crippen LogP contribution in [0, 0.1) is 44.4 Å². The molecule has 1 fully saturated rings. The third-order valence-electron chi connectivity index (χ3n) is 11.9. The van der Waals surface area contributed by atoms with Crippen LogP contribution in [0.15, 0.2) is 23.9 Å². The number of H-pyrrole nitrogens is 1. The van der Waals surface area contributed by atoms with Gasteiger partial charge in [-0.25, -0.2) is 0 Å². The minimum absolute atomic E-state index is 0. The van der Waals surface area contributed by atoms with E-state index in [1.165, 1.54) is 19.1 Å². The Kier molecular flexibility index (Phi) is 13.2. The zero-order valence-corrected chi connectivity index (χ0v) is 35.5. The van der Waals surface area contributed by atoms with Gasteiger partial charge in [0.1, 0.15) is 18.3 Å². The number of carbonyl (C=O) groups is 2. The summed E-state index contributed by atoms with van der Waals surface area (Å²) in [5.74, 6) is -1.42. The largest absolute Gasteiger partial charge is 2.00 e. The molecule has 6 rings (SSSR count). The van der Waals surface area contributed by atoms with Crippen LogP contribution in [0.1, 0.15) is 112 Å². The molecule has 3 aromatic heterocycles. The number of rotatable bonds is 12. The van der Waals surface area contributed by atoms with Gasteiger partial charge in [-0.1, -0.05) is 81.2 Å². The average molecular weight is 757 g/mol. The van der Waals surface area contributed by atoms with Crippen LogP contribution in [0.5, 0.6) is 0 Å². The molecule has 8 bridgehead atoms. The Morgan fingerprint density at radius 1 is 1.04 bits per heavy atom. The molecule has 3 aliphatic rings. The Hall–Kier alpha value is -4.15. The second-order valence-electron chi connectivity index (χ2n) is 15.7. The molecule has 2 aliphatic heterocycles. The van der Waals surface area contributed by atoms with Crippen LogP contribution in [0.3, 0.4) is 0 Å². The van der Waals surface area contributed by atoms with Gasteiger partial charge in [-0.2, -0.15) is 0 Å². The first kappa shape index (κ1) is 42.0. The molecule has 1 saturated heterocycles. The smallest absolute Gasteiger partial charge is 0.657 e. The number of aliphatic hydroxyl groups is 1. The van der Waals surface area contributed by atoms with Crippen LogP contribution in [-0.4, -0.2) is 64.8 Å². The molecule has 3 aromatic rings. The van der Waals surface area contributed by atoms with Gasteiger partial charge in [0.2, 0.25) is 0 Å². The van der Waals surface area contributed by atoms with Gasteiger partial charge in [0, 0.05) is 40.2 Å². The number of ether oxygens (including phenoxy) is 2. The van der Waals surface area contributed by atoms with Gasteiger partial charge in [0.15, 0.2) is 0 Å². The fourth-order valence-corrected chi connectivity index (χ4v) is 8.63. The Labute approximate surface area is 341 Å². The summed E-state index contributed by atoms with van der Waals surface area (Å²) in [7, 11) is 1.34. The number of hydrogen-bond acceptors (Lipinski definition) is 6. The van der Waals surface area contributed by atoms with Crippen LogP contribution in [0.4, 0.5) is 0 Å². The molecule has 0 radical (unpaired) electrons. The number of nitrogens with zero attached hydrogens (tertiary/aromatic N) is 2. The first-order valence-electron chi connectivity index (χ1n) is 19.5. The van der Waals surface area contributed by atoms with Gasteiger partial charge >= 0.3 is 35.0 Å². The van der Waals surface area contributed by atoms with E-state index in [1.807, 2.05) is 25.2 Å². The van der Waals surface area contributed by atoms with Crippen molar-refractivity contribution >= 4 is 70.6 Å². The number of aromatic nitrogens is 3. The van der Waals surface area contributed by atoms with Crippen molar-refractivity contribution in [2.24, 2.45) is 23.7 Å². The third-order valence-corrected chi connectivity index (χ3v) is 11.9.